The number of nitrogens with zero attached hydrogens (tertiary/aromatic N) is 1. The molecule has 0 saturated carbocycles. The average molecular weight is 277 g/mol. The van der Waals surface area contributed by atoms with E-state index in [0.717, 1.165) is 30.5 Å². The van der Waals surface area contributed by atoms with Gasteiger partial charge in [-0.1, -0.05) is 29.9 Å². The zero-order valence-corrected chi connectivity index (χ0v) is 11.9. The summed E-state index contributed by atoms with van der Waals surface area (Å²) in [4.78, 5) is 14.4. The van der Waals surface area contributed by atoms with E-state index in [1.807, 2.05) is 31.2 Å². The maximum Gasteiger partial charge on any atom is 0.322 e. The number of hydrogen-bond donors (Lipinski definition) is 2. The lowest BCUT2D eigenvalue weighted by molar-refractivity contribution is 0.186. The largest absolute Gasteiger partial charge is 0.392 e. The minimum Gasteiger partial charge on any atom is -0.392 e. The zero-order chi connectivity index (χ0) is 13.8. The molecule has 1 aliphatic rings. The van der Waals surface area contributed by atoms with E-state index in [2.05, 4.69) is 5.32 Å². The molecule has 1 atom stereocenters. The molecule has 3 N–H and O–H groups in total. The molecule has 1 aromatic rings. The van der Waals surface area contributed by atoms with Crippen LogP contribution in [0.5, 0.6) is 0 Å². The molecular weight excluding hydrogens is 258 g/mol. The minimum absolute atomic E-state index is 0.116. The summed E-state index contributed by atoms with van der Waals surface area (Å²) in [6.07, 6.45) is 2.92. The number of nitrogens with two attached hydrogens (primary N) is 1. The molecule has 0 radical (unpaired) electrons. The van der Waals surface area contributed by atoms with E-state index in [0.29, 0.717) is 11.5 Å². The number of amides is 2. The summed E-state index contributed by atoms with van der Waals surface area (Å²) in [6.45, 7) is 2.72. The number of piperidine rings is 1. The van der Waals surface area contributed by atoms with E-state index in [1.165, 1.54) is 0 Å². The summed E-state index contributed by atoms with van der Waals surface area (Å²) in [5.41, 5.74) is 7.68. The van der Waals surface area contributed by atoms with Crippen LogP contribution in [0.25, 0.3) is 0 Å². The van der Waals surface area contributed by atoms with Gasteiger partial charge in [0.05, 0.1) is 11.0 Å². The van der Waals surface area contributed by atoms with Crippen LogP contribution in [0.3, 0.4) is 0 Å². The standard InChI is InChI=1S/C14H19N3OS/c1-10-5-7-11(8-6-10)16-14(18)17-9-3-2-4-12(17)13(15)19/h5-8,12H,2-4,9H2,1H3,(H2,15,19)(H,16,18). The molecule has 0 aromatic heterocycles. The number of rotatable bonds is 2. The Labute approximate surface area is 119 Å². The molecular formula is C14H19N3OS. The fourth-order valence-corrected chi connectivity index (χ4v) is 2.55. The smallest absolute Gasteiger partial charge is 0.322 e. The van der Waals surface area contributed by atoms with Crippen LogP contribution in [0.15, 0.2) is 24.3 Å². The monoisotopic (exact) mass is 277 g/mol. The van der Waals surface area contributed by atoms with Crippen LogP contribution in [-0.2, 0) is 0 Å². The molecule has 19 heavy (non-hydrogen) atoms. The van der Waals surface area contributed by atoms with Crippen LogP contribution in [0.4, 0.5) is 10.5 Å². The van der Waals surface area contributed by atoms with E-state index < -0.39 is 0 Å². The lowest BCUT2D eigenvalue weighted by atomic mass is 10.0. The molecule has 2 rings (SSSR count). The maximum absolute atomic E-state index is 12.3. The molecule has 0 aliphatic carbocycles. The molecule has 1 saturated heterocycles. The van der Waals surface area contributed by atoms with Crippen molar-refractivity contribution in [3.05, 3.63) is 29.8 Å². The summed E-state index contributed by atoms with van der Waals surface area (Å²) in [6, 6.07) is 7.49. The average Bonchev–Trinajstić information content (AvgIpc) is 2.41. The first-order valence-corrected chi connectivity index (χ1v) is 6.92. The number of anilines is 1. The van der Waals surface area contributed by atoms with E-state index in [4.69, 9.17) is 18.0 Å². The fraction of sp³-hybridized carbons (Fsp3) is 0.429. The first kappa shape index (κ1) is 13.8. The third-order valence-corrected chi connectivity index (χ3v) is 3.67. The highest BCUT2D eigenvalue weighted by molar-refractivity contribution is 7.80. The topological polar surface area (TPSA) is 58.4 Å². The number of aryl methyl sites for hydroxylation is 1. The number of hydrogen-bond acceptors (Lipinski definition) is 2. The number of carbonyl (C=O) groups is 1. The van der Waals surface area contributed by atoms with Gasteiger partial charge in [0.25, 0.3) is 0 Å². The Morgan fingerprint density at radius 3 is 2.68 bits per heavy atom. The second-order valence-electron chi connectivity index (χ2n) is 4.90. The van der Waals surface area contributed by atoms with Crippen molar-refractivity contribution in [1.82, 2.24) is 4.90 Å². The van der Waals surface area contributed by atoms with Crippen molar-refractivity contribution in [2.45, 2.75) is 32.2 Å². The Morgan fingerprint density at radius 1 is 1.37 bits per heavy atom. The number of benzene rings is 1. The molecule has 1 unspecified atom stereocenters. The summed E-state index contributed by atoms with van der Waals surface area (Å²) < 4.78 is 0. The number of likely N-dealkylation sites (tertiary alicyclic amines) is 1. The van der Waals surface area contributed by atoms with Crippen molar-refractivity contribution in [2.75, 3.05) is 11.9 Å². The SMILES string of the molecule is Cc1ccc(NC(=O)N2CCCCC2C(N)=S)cc1. The zero-order valence-electron chi connectivity index (χ0n) is 11.1. The lowest BCUT2D eigenvalue weighted by Gasteiger charge is -2.34. The number of urea groups is 1. The van der Waals surface area contributed by atoms with Gasteiger partial charge in [0, 0.05) is 12.2 Å². The Morgan fingerprint density at radius 2 is 2.05 bits per heavy atom. The molecule has 1 aromatic carbocycles. The molecule has 1 heterocycles. The van der Waals surface area contributed by atoms with Crippen molar-refractivity contribution in [1.29, 1.82) is 0 Å². The molecule has 0 spiro atoms. The maximum atomic E-state index is 12.3. The molecule has 1 aliphatic heterocycles. The quantitative estimate of drug-likeness (QED) is 0.817. The van der Waals surface area contributed by atoms with Crippen LogP contribution in [0.1, 0.15) is 24.8 Å². The summed E-state index contributed by atoms with van der Waals surface area (Å²) in [5.74, 6) is 0. The third kappa shape index (κ3) is 3.44. The van der Waals surface area contributed by atoms with Crippen LogP contribution < -0.4 is 11.1 Å². The van der Waals surface area contributed by atoms with Gasteiger partial charge in [-0.3, -0.25) is 0 Å². The summed E-state index contributed by atoms with van der Waals surface area (Å²) in [7, 11) is 0. The van der Waals surface area contributed by atoms with Gasteiger partial charge in [-0.25, -0.2) is 4.79 Å². The van der Waals surface area contributed by atoms with Crippen molar-refractivity contribution >= 4 is 28.9 Å². The van der Waals surface area contributed by atoms with Gasteiger partial charge in [-0.2, -0.15) is 0 Å². The van der Waals surface area contributed by atoms with Gasteiger partial charge in [0.2, 0.25) is 0 Å². The lowest BCUT2D eigenvalue weighted by Crippen LogP contribution is -2.51. The predicted molar refractivity (Wildman–Crippen MR) is 81.3 cm³/mol. The summed E-state index contributed by atoms with van der Waals surface area (Å²) in [5, 5.41) is 2.90. The van der Waals surface area contributed by atoms with Gasteiger partial charge in [-0.15, -0.1) is 0 Å². The second kappa shape index (κ2) is 6.02. The highest BCUT2D eigenvalue weighted by Crippen LogP contribution is 2.19. The first-order chi connectivity index (χ1) is 9.08. The molecule has 0 bridgehead atoms. The van der Waals surface area contributed by atoms with E-state index >= 15 is 0 Å². The normalized spacial score (nSPS) is 19.0. The predicted octanol–water partition coefficient (Wildman–Crippen LogP) is 2.67. The number of nitrogens with one attached hydrogen (secondary N) is 1. The highest BCUT2D eigenvalue weighted by atomic mass is 32.1. The Bertz CT molecular complexity index is 472. The minimum atomic E-state index is -0.124. The van der Waals surface area contributed by atoms with Crippen LogP contribution >= 0.6 is 12.2 Å². The summed E-state index contributed by atoms with van der Waals surface area (Å²) >= 11 is 5.05. The number of carbonyl (C=O) groups excluding carboxylic acids is 1. The van der Waals surface area contributed by atoms with Crippen molar-refractivity contribution in [2.24, 2.45) is 5.73 Å². The molecule has 5 heteroatoms. The van der Waals surface area contributed by atoms with Crippen molar-refractivity contribution in [3.8, 4) is 0 Å². The second-order valence-corrected chi connectivity index (χ2v) is 5.37. The van der Waals surface area contributed by atoms with E-state index in [9.17, 15) is 4.79 Å². The van der Waals surface area contributed by atoms with E-state index in [-0.39, 0.29) is 12.1 Å². The van der Waals surface area contributed by atoms with E-state index in [1.54, 1.807) is 4.90 Å². The van der Waals surface area contributed by atoms with Crippen LogP contribution in [0.2, 0.25) is 0 Å². The Balaban J connectivity index is 2.05. The first-order valence-electron chi connectivity index (χ1n) is 6.51. The van der Waals surface area contributed by atoms with Gasteiger partial charge >= 0.3 is 6.03 Å². The van der Waals surface area contributed by atoms with Crippen LogP contribution in [-0.4, -0.2) is 28.5 Å². The molecule has 102 valence electrons. The van der Waals surface area contributed by atoms with Crippen molar-refractivity contribution < 1.29 is 4.79 Å². The van der Waals surface area contributed by atoms with Crippen molar-refractivity contribution in [3.63, 3.8) is 0 Å². The van der Waals surface area contributed by atoms with Gasteiger partial charge in [-0.05, 0) is 38.3 Å². The molecule has 1 fully saturated rings. The third-order valence-electron chi connectivity index (χ3n) is 3.39. The van der Waals surface area contributed by atoms with Crippen LogP contribution in [0, 0.1) is 6.92 Å². The highest BCUT2D eigenvalue weighted by Gasteiger charge is 2.28. The Kier molecular flexibility index (Phi) is 4.37. The van der Waals surface area contributed by atoms with Gasteiger partial charge in [0.15, 0.2) is 0 Å². The molecule has 2 amide bonds. The number of thiocarbonyl (C=S) groups is 1. The fourth-order valence-electron chi connectivity index (χ4n) is 2.30. The van der Waals surface area contributed by atoms with Gasteiger partial charge in [0.1, 0.15) is 0 Å². The van der Waals surface area contributed by atoms with Gasteiger partial charge < -0.3 is 16.0 Å². The Hall–Kier alpha value is -1.62. The molecule has 4 nitrogen and oxygen atoms in total.